The number of hydrogen-bond acceptors (Lipinski definition) is 2. The van der Waals surface area contributed by atoms with Crippen LogP contribution in [-0.4, -0.2) is 17.6 Å². The second-order valence-corrected chi connectivity index (χ2v) is 4.21. The second-order valence-electron chi connectivity index (χ2n) is 4.21. The molecule has 1 N–H and O–H groups in total. The van der Waals surface area contributed by atoms with Crippen LogP contribution >= 0.6 is 0 Å². The van der Waals surface area contributed by atoms with Crippen LogP contribution in [0.3, 0.4) is 0 Å². The van der Waals surface area contributed by atoms with E-state index in [1.165, 1.54) is 31.4 Å². The zero-order chi connectivity index (χ0) is 9.80. The van der Waals surface area contributed by atoms with E-state index in [4.69, 9.17) is 0 Å². The number of hydrogen-bond donors (Lipinski definition) is 1. The lowest BCUT2D eigenvalue weighted by Gasteiger charge is -2.16. The highest BCUT2D eigenvalue weighted by atomic mass is 14.9. The number of nitrogens with one attached hydrogen (secondary N) is 1. The van der Waals surface area contributed by atoms with Gasteiger partial charge in [-0.25, -0.2) is 0 Å². The molecule has 1 saturated heterocycles. The molecular formula is C12H18N2. The molecule has 2 nitrogen and oxygen atoms in total. The summed E-state index contributed by atoms with van der Waals surface area (Å²) in [6, 6.07) is 4.98. The van der Waals surface area contributed by atoms with Gasteiger partial charge in [0.1, 0.15) is 0 Å². The zero-order valence-electron chi connectivity index (χ0n) is 8.74. The van der Waals surface area contributed by atoms with Gasteiger partial charge in [0.05, 0.1) is 0 Å². The summed E-state index contributed by atoms with van der Waals surface area (Å²) < 4.78 is 0. The molecule has 1 aromatic rings. The predicted octanol–water partition coefficient (Wildman–Crippen LogP) is 2.33. The summed E-state index contributed by atoms with van der Waals surface area (Å²) in [7, 11) is 0. The highest BCUT2D eigenvalue weighted by Gasteiger charge is 2.17. The Kier molecular flexibility index (Phi) is 3.14. The minimum atomic E-state index is 0.647. The Labute approximate surface area is 85.7 Å². The van der Waals surface area contributed by atoms with Crippen molar-refractivity contribution in [3.05, 3.63) is 30.1 Å². The van der Waals surface area contributed by atoms with Gasteiger partial charge < -0.3 is 5.32 Å². The molecule has 14 heavy (non-hydrogen) atoms. The van der Waals surface area contributed by atoms with Gasteiger partial charge in [-0.1, -0.05) is 6.92 Å². The van der Waals surface area contributed by atoms with Gasteiger partial charge in [-0.2, -0.15) is 0 Å². The Morgan fingerprint density at radius 1 is 1.50 bits per heavy atom. The molecule has 0 spiro atoms. The van der Waals surface area contributed by atoms with E-state index in [1.54, 1.807) is 0 Å². The molecule has 0 bridgehead atoms. The van der Waals surface area contributed by atoms with Crippen LogP contribution < -0.4 is 5.32 Å². The van der Waals surface area contributed by atoms with Crippen LogP contribution in [0.4, 0.5) is 0 Å². The maximum atomic E-state index is 4.04. The van der Waals surface area contributed by atoms with Gasteiger partial charge in [0.25, 0.3) is 0 Å². The quantitative estimate of drug-likeness (QED) is 0.791. The summed E-state index contributed by atoms with van der Waals surface area (Å²) in [5.74, 6) is 0.647. The minimum Gasteiger partial charge on any atom is -0.314 e. The van der Waals surface area contributed by atoms with Crippen LogP contribution in [0.2, 0.25) is 0 Å². The molecule has 1 aliphatic rings. The lowest BCUT2D eigenvalue weighted by molar-refractivity contribution is 0.510. The average Bonchev–Trinajstić information content (AvgIpc) is 2.72. The summed E-state index contributed by atoms with van der Waals surface area (Å²) in [4.78, 5) is 4.04. The van der Waals surface area contributed by atoms with Gasteiger partial charge in [0, 0.05) is 18.4 Å². The largest absolute Gasteiger partial charge is 0.314 e. The van der Waals surface area contributed by atoms with E-state index < -0.39 is 0 Å². The molecule has 76 valence electrons. The third-order valence-electron chi connectivity index (χ3n) is 3.08. The summed E-state index contributed by atoms with van der Waals surface area (Å²) >= 11 is 0. The van der Waals surface area contributed by atoms with Crippen LogP contribution in [0, 0.1) is 0 Å². The topological polar surface area (TPSA) is 24.9 Å². The molecule has 2 unspecified atom stereocenters. The highest BCUT2D eigenvalue weighted by molar-refractivity contribution is 5.15. The molecule has 2 heteroatoms. The summed E-state index contributed by atoms with van der Waals surface area (Å²) in [6.07, 6.45) is 7.70. The molecule has 2 atom stereocenters. The fraction of sp³-hybridized carbons (Fsp3) is 0.583. The third kappa shape index (κ3) is 2.32. The Bertz CT molecular complexity index is 265. The Balaban J connectivity index is 1.92. The van der Waals surface area contributed by atoms with Gasteiger partial charge in [-0.05, 0) is 49.4 Å². The van der Waals surface area contributed by atoms with Gasteiger partial charge in [-0.15, -0.1) is 0 Å². The third-order valence-corrected chi connectivity index (χ3v) is 3.08. The van der Waals surface area contributed by atoms with Crippen molar-refractivity contribution in [1.82, 2.24) is 10.3 Å². The smallest absolute Gasteiger partial charge is 0.0270 e. The second kappa shape index (κ2) is 4.56. The standard InChI is InChI=1S/C12H18N2/c1-10(9-12-3-2-6-14-12)11-4-7-13-8-5-11/h4-5,7-8,10,12,14H,2-3,6,9H2,1H3. The van der Waals surface area contributed by atoms with Crippen molar-refractivity contribution in [2.24, 2.45) is 0 Å². The Hall–Kier alpha value is -0.890. The summed E-state index contributed by atoms with van der Waals surface area (Å²) in [6.45, 7) is 3.50. The first-order valence-corrected chi connectivity index (χ1v) is 5.49. The van der Waals surface area contributed by atoms with Crippen molar-refractivity contribution in [2.45, 2.75) is 38.1 Å². The number of pyridine rings is 1. The van der Waals surface area contributed by atoms with Gasteiger partial charge in [-0.3, -0.25) is 4.98 Å². The Morgan fingerprint density at radius 2 is 2.29 bits per heavy atom. The first-order chi connectivity index (χ1) is 6.86. The first-order valence-electron chi connectivity index (χ1n) is 5.49. The van der Waals surface area contributed by atoms with E-state index in [1.807, 2.05) is 12.4 Å². The summed E-state index contributed by atoms with van der Waals surface area (Å²) in [5, 5.41) is 3.54. The molecule has 0 aliphatic carbocycles. The maximum absolute atomic E-state index is 4.04. The van der Waals surface area contributed by atoms with E-state index >= 15 is 0 Å². The monoisotopic (exact) mass is 190 g/mol. The van der Waals surface area contributed by atoms with E-state index in [-0.39, 0.29) is 0 Å². The van der Waals surface area contributed by atoms with Crippen molar-refractivity contribution < 1.29 is 0 Å². The average molecular weight is 190 g/mol. The van der Waals surface area contributed by atoms with Crippen molar-refractivity contribution in [2.75, 3.05) is 6.54 Å². The zero-order valence-corrected chi connectivity index (χ0v) is 8.74. The van der Waals surface area contributed by atoms with Crippen LogP contribution in [0.1, 0.15) is 37.7 Å². The SMILES string of the molecule is CC(CC1CCCN1)c1ccncc1. The molecule has 2 heterocycles. The molecule has 1 aromatic heterocycles. The Morgan fingerprint density at radius 3 is 2.93 bits per heavy atom. The van der Waals surface area contributed by atoms with Crippen molar-refractivity contribution in [3.63, 3.8) is 0 Å². The van der Waals surface area contributed by atoms with E-state index in [0.717, 1.165) is 6.04 Å². The molecule has 0 saturated carbocycles. The molecule has 0 aromatic carbocycles. The van der Waals surface area contributed by atoms with E-state index in [2.05, 4.69) is 29.4 Å². The molecule has 2 rings (SSSR count). The number of rotatable bonds is 3. The first kappa shape index (κ1) is 9.66. The minimum absolute atomic E-state index is 0.647. The molecule has 1 fully saturated rings. The van der Waals surface area contributed by atoms with E-state index in [0.29, 0.717) is 5.92 Å². The highest BCUT2D eigenvalue weighted by Crippen LogP contribution is 2.23. The normalized spacial score (nSPS) is 23.6. The molecule has 0 amide bonds. The molecule has 1 aliphatic heterocycles. The molecule has 0 radical (unpaired) electrons. The van der Waals surface area contributed by atoms with Gasteiger partial charge in [0.2, 0.25) is 0 Å². The lowest BCUT2D eigenvalue weighted by Crippen LogP contribution is -2.23. The summed E-state index contributed by atoms with van der Waals surface area (Å²) in [5.41, 5.74) is 1.41. The van der Waals surface area contributed by atoms with Crippen molar-refractivity contribution in [3.8, 4) is 0 Å². The predicted molar refractivity (Wildman–Crippen MR) is 58.3 cm³/mol. The van der Waals surface area contributed by atoms with Crippen LogP contribution in [0.25, 0.3) is 0 Å². The van der Waals surface area contributed by atoms with Crippen LogP contribution in [0.5, 0.6) is 0 Å². The molecular weight excluding hydrogens is 172 g/mol. The van der Waals surface area contributed by atoms with Crippen LogP contribution in [0.15, 0.2) is 24.5 Å². The fourth-order valence-electron chi connectivity index (χ4n) is 2.21. The van der Waals surface area contributed by atoms with E-state index in [9.17, 15) is 0 Å². The van der Waals surface area contributed by atoms with Crippen molar-refractivity contribution >= 4 is 0 Å². The van der Waals surface area contributed by atoms with Crippen molar-refractivity contribution in [1.29, 1.82) is 0 Å². The maximum Gasteiger partial charge on any atom is 0.0270 e. The number of nitrogens with zero attached hydrogens (tertiary/aromatic N) is 1. The lowest BCUT2D eigenvalue weighted by atomic mass is 9.94. The van der Waals surface area contributed by atoms with Gasteiger partial charge in [0.15, 0.2) is 0 Å². The fourth-order valence-corrected chi connectivity index (χ4v) is 2.21. The van der Waals surface area contributed by atoms with Gasteiger partial charge >= 0.3 is 0 Å². The number of aromatic nitrogens is 1. The van der Waals surface area contributed by atoms with Crippen LogP contribution in [-0.2, 0) is 0 Å².